The molecule has 3 atom stereocenters. The Morgan fingerprint density at radius 2 is 1.74 bits per heavy atom. The van der Waals surface area contributed by atoms with Gasteiger partial charge in [-0.1, -0.05) is 38.5 Å². The van der Waals surface area contributed by atoms with Crippen LogP contribution in [0.25, 0.3) is 22.2 Å². The van der Waals surface area contributed by atoms with E-state index < -0.39 is 12.1 Å². The molecule has 50 heavy (non-hydrogen) atoms. The van der Waals surface area contributed by atoms with Gasteiger partial charge in [0.05, 0.1) is 44.1 Å². The number of nitrogens with zero attached hydrogens (tertiary/aromatic N) is 2. The Hall–Kier alpha value is -5.06. The van der Waals surface area contributed by atoms with E-state index in [9.17, 15) is 14.4 Å². The number of H-pyrrole nitrogens is 1. The highest BCUT2D eigenvalue weighted by Gasteiger charge is 2.34. The summed E-state index contributed by atoms with van der Waals surface area (Å²) in [6.07, 6.45) is 3.52. The zero-order valence-corrected chi connectivity index (χ0v) is 29.7. The standard InChI is InChI=1S/C39H47N5O6/c1-7-22(2)35(39(47)44-18-16-24(17-19-44)38-42-29-10-8-9-11-30(29)43-38)41-31-15-13-26-27(21-32(31)46)28(40-23(3)45)14-12-25-20-33(48-4)36(49-5)37(50-6)34(25)26/h8-11,13,15,20-22,24,28,35H,7,12,14,16-19H2,1-6H3,(H,40,45)(H,41,46)(H,42,43)/t22-,28+,35+/m1/s1. The van der Waals surface area contributed by atoms with Crippen molar-refractivity contribution < 1.29 is 23.8 Å². The van der Waals surface area contributed by atoms with Crippen LogP contribution in [-0.2, 0) is 16.0 Å². The largest absolute Gasteiger partial charge is 0.493 e. The first kappa shape index (κ1) is 34.8. The molecule has 0 radical (unpaired) electrons. The van der Waals surface area contributed by atoms with Gasteiger partial charge >= 0.3 is 0 Å². The van der Waals surface area contributed by atoms with Crippen molar-refractivity contribution in [1.29, 1.82) is 0 Å². The Kier molecular flexibility index (Phi) is 10.3. The minimum absolute atomic E-state index is 0.0187. The fourth-order valence-electron chi connectivity index (χ4n) is 7.41. The van der Waals surface area contributed by atoms with Crippen LogP contribution in [0.3, 0.4) is 0 Å². The summed E-state index contributed by atoms with van der Waals surface area (Å²) in [4.78, 5) is 50.8. The summed E-state index contributed by atoms with van der Waals surface area (Å²) in [5.74, 6) is 2.42. The molecule has 2 heterocycles. The molecule has 3 N–H and O–H groups in total. The number of piperidine rings is 1. The highest BCUT2D eigenvalue weighted by molar-refractivity contribution is 5.86. The zero-order chi connectivity index (χ0) is 35.5. The second-order valence-corrected chi connectivity index (χ2v) is 13.3. The number of imidazole rings is 1. The molecule has 0 bridgehead atoms. The topological polar surface area (TPSA) is 135 Å². The van der Waals surface area contributed by atoms with E-state index in [0.29, 0.717) is 54.4 Å². The molecular formula is C39H47N5O6. The number of fused-ring (bicyclic) bond motifs is 4. The van der Waals surface area contributed by atoms with Crippen LogP contribution < -0.4 is 30.3 Å². The third-order valence-electron chi connectivity index (χ3n) is 10.3. The summed E-state index contributed by atoms with van der Waals surface area (Å²) >= 11 is 0. The smallest absolute Gasteiger partial charge is 0.245 e. The number of aromatic nitrogens is 2. The summed E-state index contributed by atoms with van der Waals surface area (Å²) < 4.78 is 17.3. The van der Waals surface area contributed by atoms with Gasteiger partial charge in [0.1, 0.15) is 11.9 Å². The summed E-state index contributed by atoms with van der Waals surface area (Å²) in [6, 6.07) is 14.1. The number of carbonyl (C=O) groups is 2. The quantitative estimate of drug-likeness (QED) is 0.186. The van der Waals surface area contributed by atoms with Gasteiger partial charge in [0.2, 0.25) is 23.0 Å². The first-order chi connectivity index (χ1) is 24.2. The van der Waals surface area contributed by atoms with Crippen molar-refractivity contribution in [3.05, 3.63) is 75.7 Å². The number of ether oxygens (including phenoxy) is 3. The van der Waals surface area contributed by atoms with Crippen LogP contribution in [0.2, 0.25) is 0 Å². The van der Waals surface area contributed by atoms with Crippen LogP contribution in [0, 0.1) is 5.92 Å². The molecule has 0 saturated carbocycles. The normalized spacial score (nSPS) is 17.2. The Morgan fingerprint density at radius 3 is 2.40 bits per heavy atom. The van der Waals surface area contributed by atoms with E-state index in [0.717, 1.165) is 52.8 Å². The number of aromatic amines is 1. The molecule has 1 aliphatic heterocycles. The van der Waals surface area contributed by atoms with Gasteiger partial charge in [-0.05, 0) is 78.6 Å². The molecule has 6 rings (SSSR count). The van der Waals surface area contributed by atoms with Gasteiger partial charge in [-0.2, -0.15) is 0 Å². The number of aryl methyl sites for hydroxylation is 1. The molecule has 0 unspecified atom stereocenters. The van der Waals surface area contributed by atoms with Crippen LogP contribution in [0.15, 0.2) is 53.3 Å². The van der Waals surface area contributed by atoms with Crippen LogP contribution in [0.1, 0.15) is 75.4 Å². The SMILES string of the molecule is CC[C@@H](C)[C@H](Nc1ccc2c(cc1=O)[C@@H](NC(C)=O)CCc1cc(OC)c(OC)c(OC)c1-2)C(=O)N1CCC(c2nc3ccccc3[nH]2)CC1. The maximum absolute atomic E-state index is 14.2. The Bertz CT molecular complexity index is 1920. The fraction of sp³-hybridized carbons (Fsp3) is 0.436. The number of para-hydroxylation sites is 2. The third kappa shape index (κ3) is 6.73. The van der Waals surface area contributed by atoms with Crippen LogP contribution in [-0.4, -0.2) is 67.1 Å². The van der Waals surface area contributed by atoms with Crippen LogP contribution in [0.5, 0.6) is 17.2 Å². The van der Waals surface area contributed by atoms with Gasteiger partial charge in [0.25, 0.3) is 0 Å². The molecule has 4 aromatic rings. The van der Waals surface area contributed by atoms with E-state index in [1.54, 1.807) is 33.5 Å². The summed E-state index contributed by atoms with van der Waals surface area (Å²) in [5.41, 5.74) is 5.14. The lowest BCUT2D eigenvalue weighted by atomic mass is 9.93. The Labute approximate surface area is 292 Å². The van der Waals surface area contributed by atoms with Crippen molar-refractivity contribution >= 4 is 28.5 Å². The maximum Gasteiger partial charge on any atom is 0.245 e. The molecule has 0 spiro atoms. The Morgan fingerprint density at radius 1 is 1.00 bits per heavy atom. The predicted octanol–water partition coefficient (Wildman–Crippen LogP) is 5.97. The number of likely N-dealkylation sites (tertiary alicyclic amines) is 1. The third-order valence-corrected chi connectivity index (χ3v) is 10.3. The van der Waals surface area contributed by atoms with Crippen molar-refractivity contribution in [2.45, 2.75) is 70.9 Å². The van der Waals surface area contributed by atoms with E-state index in [-0.39, 0.29) is 29.1 Å². The predicted molar refractivity (Wildman–Crippen MR) is 194 cm³/mol. The average Bonchev–Trinajstić information content (AvgIpc) is 3.43. The molecule has 11 nitrogen and oxygen atoms in total. The Balaban J connectivity index is 1.33. The first-order valence-electron chi connectivity index (χ1n) is 17.4. The highest BCUT2D eigenvalue weighted by atomic mass is 16.5. The van der Waals surface area contributed by atoms with E-state index in [1.165, 1.54) is 6.92 Å². The fourth-order valence-corrected chi connectivity index (χ4v) is 7.41. The number of amides is 2. The summed E-state index contributed by atoms with van der Waals surface area (Å²) in [7, 11) is 4.71. The highest BCUT2D eigenvalue weighted by Crippen LogP contribution is 2.50. The average molecular weight is 682 g/mol. The van der Waals surface area contributed by atoms with Crippen molar-refractivity contribution in [2.24, 2.45) is 5.92 Å². The lowest BCUT2D eigenvalue weighted by Gasteiger charge is -2.35. The lowest BCUT2D eigenvalue weighted by molar-refractivity contribution is -0.134. The summed E-state index contributed by atoms with van der Waals surface area (Å²) in [6.45, 7) is 6.77. The van der Waals surface area contributed by atoms with Gasteiger partial charge in [-0.15, -0.1) is 0 Å². The zero-order valence-electron chi connectivity index (χ0n) is 29.7. The van der Waals surface area contributed by atoms with E-state index >= 15 is 0 Å². The number of carbonyl (C=O) groups excluding carboxylic acids is 2. The molecule has 1 aliphatic carbocycles. The minimum atomic E-state index is -0.602. The maximum atomic E-state index is 14.2. The number of anilines is 1. The summed E-state index contributed by atoms with van der Waals surface area (Å²) in [5, 5.41) is 6.43. The van der Waals surface area contributed by atoms with Gasteiger partial charge in [-0.3, -0.25) is 14.4 Å². The molecule has 11 heteroatoms. The van der Waals surface area contributed by atoms with E-state index in [2.05, 4.69) is 22.5 Å². The minimum Gasteiger partial charge on any atom is -0.493 e. The van der Waals surface area contributed by atoms with Crippen LogP contribution in [0.4, 0.5) is 5.69 Å². The number of methoxy groups -OCH3 is 3. The van der Waals surface area contributed by atoms with Crippen molar-refractivity contribution in [3.63, 3.8) is 0 Å². The number of nitrogens with one attached hydrogen (secondary N) is 3. The van der Waals surface area contributed by atoms with Gasteiger partial charge in [0.15, 0.2) is 11.5 Å². The monoisotopic (exact) mass is 681 g/mol. The number of hydrogen-bond donors (Lipinski definition) is 3. The molecule has 1 saturated heterocycles. The number of hydrogen-bond acceptors (Lipinski definition) is 8. The van der Waals surface area contributed by atoms with Gasteiger partial charge in [-0.25, -0.2) is 4.98 Å². The molecule has 1 aromatic heterocycles. The number of benzene rings is 2. The van der Waals surface area contributed by atoms with Crippen molar-refractivity contribution in [2.75, 3.05) is 39.7 Å². The lowest BCUT2D eigenvalue weighted by Crippen LogP contribution is -2.49. The second-order valence-electron chi connectivity index (χ2n) is 13.3. The van der Waals surface area contributed by atoms with E-state index in [1.807, 2.05) is 48.2 Å². The first-order valence-corrected chi connectivity index (χ1v) is 17.4. The molecular weight excluding hydrogens is 634 g/mol. The second kappa shape index (κ2) is 14.8. The van der Waals surface area contributed by atoms with Crippen molar-refractivity contribution in [1.82, 2.24) is 20.2 Å². The van der Waals surface area contributed by atoms with Crippen LogP contribution >= 0.6 is 0 Å². The molecule has 2 aliphatic rings. The molecule has 3 aromatic carbocycles. The van der Waals surface area contributed by atoms with Crippen molar-refractivity contribution in [3.8, 4) is 28.4 Å². The molecule has 2 amide bonds. The van der Waals surface area contributed by atoms with Gasteiger partial charge < -0.3 is 34.7 Å². The molecule has 1 fully saturated rings. The molecule has 264 valence electrons. The van der Waals surface area contributed by atoms with Gasteiger partial charge in [0, 0.05) is 31.5 Å². The number of rotatable bonds is 10. The van der Waals surface area contributed by atoms with E-state index in [4.69, 9.17) is 19.2 Å².